The van der Waals surface area contributed by atoms with Gasteiger partial charge in [-0.15, -0.1) is 0 Å². The van der Waals surface area contributed by atoms with Crippen molar-refractivity contribution in [2.24, 2.45) is 0 Å². The molecule has 1 saturated heterocycles. The van der Waals surface area contributed by atoms with Gasteiger partial charge in [0.05, 0.1) is 4.90 Å². The van der Waals surface area contributed by atoms with Crippen molar-refractivity contribution < 1.29 is 36.3 Å². The van der Waals surface area contributed by atoms with E-state index in [-0.39, 0.29) is 18.7 Å². The number of rotatable bonds is 5. The molecule has 1 heterocycles. The standard InChI is InChI=1S/C18H17F3N2O5S/c19-11-4-6-12(7-5-11)28-17-14(20)9-13(10-15(17)21)29(26,27)23-8-2-1-3-16(23)18(24)22-25/h4-7,9-10,16,25H,1-3,8H2,(H,22,24)/t16-/m1/s1. The molecule has 0 bridgehead atoms. The van der Waals surface area contributed by atoms with Crippen LogP contribution in [0, 0.1) is 17.5 Å². The van der Waals surface area contributed by atoms with Crippen molar-refractivity contribution in [3.8, 4) is 11.5 Å². The Balaban J connectivity index is 1.94. The summed E-state index contributed by atoms with van der Waals surface area (Å²) in [5.41, 5.74) is 1.41. The number of ether oxygens (including phenoxy) is 1. The molecule has 2 N–H and O–H groups in total. The highest BCUT2D eigenvalue weighted by molar-refractivity contribution is 7.89. The topological polar surface area (TPSA) is 95.9 Å². The van der Waals surface area contributed by atoms with E-state index in [1.165, 1.54) is 5.48 Å². The number of sulfonamides is 1. The Morgan fingerprint density at radius 3 is 2.31 bits per heavy atom. The average molecular weight is 430 g/mol. The first-order chi connectivity index (χ1) is 13.7. The number of halogens is 3. The summed E-state index contributed by atoms with van der Waals surface area (Å²) >= 11 is 0. The molecule has 29 heavy (non-hydrogen) atoms. The number of hydrogen-bond acceptors (Lipinski definition) is 5. The molecular formula is C18H17F3N2O5S. The molecule has 1 aliphatic rings. The number of carbonyl (C=O) groups excluding carboxylic acids is 1. The zero-order valence-corrected chi connectivity index (χ0v) is 15.8. The number of benzene rings is 2. The molecular weight excluding hydrogens is 413 g/mol. The van der Waals surface area contributed by atoms with Crippen LogP contribution in [-0.2, 0) is 14.8 Å². The lowest BCUT2D eigenvalue weighted by molar-refractivity contribution is -0.134. The van der Waals surface area contributed by atoms with Crippen LogP contribution in [0.25, 0.3) is 0 Å². The van der Waals surface area contributed by atoms with Gasteiger partial charge in [-0.2, -0.15) is 4.31 Å². The summed E-state index contributed by atoms with van der Waals surface area (Å²) < 4.78 is 73.5. The monoisotopic (exact) mass is 430 g/mol. The molecule has 2 aromatic carbocycles. The molecule has 0 unspecified atom stereocenters. The van der Waals surface area contributed by atoms with E-state index in [4.69, 9.17) is 9.94 Å². The van der Waals surface area contributed by atoms with Crippen LogP contribution in [0.4, 0.5) is 13.2 Å². The number of hydroxylamine groups is 1. The van der Waals surface area contributed by atoms with E-state index >= 15 is 0 Å². The lowest BCUT2D eigenvalue weighted by Crippen LogP contribution is -2.51. The highest BCUT2D eigenvalue weighted by atomic mass is 32.2. The van der Waals surface area contributed by atoms with Gasteiger partial charge in [-0.3, -0.25) is 10.0 Å². The Labute approximate surface area is 164 Å². The summed E-state index contributed by atoms with van der Waals surface area (Å²) in [6.07, 6.45) is 1.16. The average Bonchev–Trinajstić information content (AvgIpc) is 2.71. The van der Waals surface area contributed by atoms with Crippen LogP contribution in [0.1, 0.15) is 19.3 Å². The molecule has 0 radical (unpaired) electrons. The third-order valence-electron chi connectivity index (χ3n) is 4.48. The Bertz CT molecular complexity index is 992. The predicted octanol–water partition coefficient (Wildman–Crippen LogP) is 2.94. The van der Waals surface area contributed by atoms with E-state index in [1.54, 1.807) is 0 Å². The van der Waals surface area contributed by atoms with Gasteiger partial charge in [0, 0.05) is 6.54 Å². The number of piperidine rings is 1. The first-order valence-corrected chi connectivity index (χ1v) is 10.1. The molecule has 0 spiro atoms. The number of carbonyl (C=O) groups is 1. The molecule has 1 atom stereocenters. The van der Waals surface area contributed by atoms with E-state index in [0.717, 1.165) is 28.6 Å². The first kappa shape index (κ1) is 21.1. The van der Waals surface area contributed by atoms with Crippen molar-refractivity contribution in [2.45, 2.75) is 30.2 Å². The van der Waals surface area contributed by atoms with Crippen LogP contribution in [-0.4, -0.2) is 36.4 Å². The maximum absolute atomic E-state index is 14.5. The van der Waals surface area contributed by atoms with Gasteiger partial charge in [0.2, 0.25) is 10.0 Å². The van der Waals surface area contributed by atoms with Crippen molar-refractivity contribution >= 4 is 15.9 Å². The summed E-state index contributed by atoms with van der Waals surface area (Å²) in [6.45, 7) is -0.0442. The Kier molecular flexibility index (Phi) is 6.10. The van der Waals surface area contributed by atoms with Gasteiger partial charge in [0.1, 0.15) is 17.6 Å². The van der Waals surface area contributed by atoms with Gasteiger partial charge in [-0.1, -0.05) is 6.42 Å². The molecule has 11 heteroatoms. The molecule has 1 aliphatic heterocycles. The molecule has 156 valence electrons. The summed E-state index contributed by atoms with van der Waals surface area (Å²) in [5.74, 6) is -4.95. The maximum atomic E-state index is 14.5. The summed E-state index contributed by atoms with van der Waals surface area (Å²) in [6, 6.07) is 4.36. The maximum Gasteiger partial charge on any atom is 0.261 e. The lowest BCUT2D eigenvalue weighted by atomic mass is 10.0. The zero-order chi connectivity index (χ0) is 21.2. The van der Waals surface area contributed by atoms with Crippen LogP contribution >= 0.6 is 0 Å². The minimum atomic E-state index is -4.43. The second-order valence-corrected chi connectivity index (χ2v) is 8.27. The minimum absolute atomic E-state index is 0.0442. The van der Waals surface area contributed by atoms with Gasteiger partial charge in [-0.25, -0.2) is 27.1 Å². The molecule has 7 nitrogen and oxygen atoms in total. The van der Waals surface area contributed by atoms with Crippen molar-refractivity contribution in [2.75, 3.05) is 6.54 Å². The normalized spacial score (nSPS) is 17.7. The predicted molar refractivity (Wildman–Crippen MR) is 94.3 cm³/mol. The quantitative estimate of drug-likeness (QED) is 0.562. The van der Waals surface area contributed by atoms with Crippen molar-refractivity contribution in [3.63, 3.8) is 0 Å². The fourth-order valence-corrected chi connectivity index (χ4v) is 4.75. The molecule has 0 aromatic heterocycles. The highest BCUT2D eigenvalue weighted by Gasteiger charge is 2.38. The van der Waals surface area contributed by atoms with Crippen LogP contribution in [0.2, 0.25) is 0 Å². The first-order valence-electron chi connectivity index (χ1n) is 8.62. The second kappa shape index (κ2) is 8.39. The number of nitrogens with zero attached hydrogens (tertiary/aromatic N) is 1. The summed E-state index contributed by atoms with van der Waals surface area (Å²) in [4.78, 5) is 11.1. The Morgan fingerprint density at radius 1 is 1.10 bits per heavy atom. The third kappa shape index (κ3) is 4.36. The van der Waals surface area contributed by atoms with Crippen LogP contribution < -0.4 is 10.2 Å². The fraction of sp³-hybridized carbons (Fsp3) is 0.278. The second-order valence-electron chi connectivity index (χ2n) is 6.38. The smallest absolute Gasteiger partial charge is 0.261 e. The van der Waals surface area contributed by atoms with Crippen LogP contribution in [0.3, 0.4) is 0 Å². The van der Waals surface area contributed by atoms with Crippen LogP contribution in [0.5, 0.6) is 11.5 Å². The molecule has 0 aliphatic carbocycles. The van der Waals surface area contributed by atoms with Gasteiger partial charge >= 0.3 is 0 Å². The van der Waals surface area contributed by atoms with E-state index in [9.17, 15) is 26.4 Å². The zero-order valence-electron chi connectivity index (χ0n) is 14.9. The lowest BCUT2D eigenvalue weighted by Gasteiger charge is -2.33. The van der Waals surface area contributed by atoms with E-state index in [2.05, 4.69) is 0 Å². The van der Waals surface area contributed by atoms with Crippen molar-refractivity contribution in [3.05, 3.63) is 53.8 Å². The van der Waals surface area contributed by atoms with Gasteiger partial charge < -0.3 is 4.74 Å². The largest absolute Gasteiger partial charge is 0.451 e. The molecule has 2 aromatic rings. The third-order valence-corrected chi connectivity index (χ3v) is 6.36. The number of nitrogens with one attached hydrogen (secondary N) is 1. The van der Waals surface area contributed by atoms with E-state index in [0.29, 0.717) is 25.0 Å². The summed E-state index contributed by atoms with van der Waals surface area (Å²) in [7, 11) is -4.43. The highest BCUT2D eigenvalue weighted by Crippen LogP contribution is 2.32. The Hall–Kier alpha value is -2.63. The van der Waals surface area contributed by atoms with Gasteiger partial charge in [0.25, 0.3) is 5.91 Å². The van der Waals surface area contributed by atoms with E-state index in [1.807, 2.05) is 0 Å². The SMILES string of the molecule is O=C(NO)[C@H]1CCCCN1S(=O)(=O)c1cc(F)c(Oc2ccc(F)cc2)c(F)c1. The summed E-state index contributed by atoms with van der Waals surface area (Å²) in [5, 5.41) is 8.84. The minimum Gasteiger partial charge on any atom is -0.451 e. The number of hydrogen-bond donors (Lipinski definition) is 2. The molecule has 0 saturated carbocycles. The van der Waals surface area contributed by atoms with Gasteiger partial charge in [0.15, 0.2) is 17.4 Å². The van der Waals surface area contributed by atoms with Crippen molar-refractivity contribution in [1.29, 1.82) is 0 Å². The van der Waals surface area contributed by atoms with Crippen LogP contribution in [0.15, 0.2) is 41.3 Å². The molecule has 3 rings (SSSR count). The fourth-order valence-electron chi connectivity index (χ4n) is 3.07. The number of amides is 1. The van der Waals surface area contributed by atoms with E-state index < -0.39 is 50.1 Å². The van der Waals surface area contributed by atoms with Gasteiger partial charge in [-0.05, 0) is 49.2 Å². The Morgan fingerprint density at radius 2 is 1.72 bits per heavy atom. The van der Waals surface area contributed by atoms with Crippen molar-refractivity contribution in [1.82, 2.24) is 9.79 Å². The molecule has 1 fully saturated rings. The molecule has 1 amide bonds.